The zero-order valence-electron chi connectivity index (χ0n) is 19.3. The van der Waals surface area contributed by atoms with Gasteiger partial charge in [-0.3, -0.25) is 9.69 Å². The van der Waals surface area contributed by atoms with Crippen LogP contribution >= 0.6 is 0 Å². The summed E-state index contributed by atoms with van der Waals surface area (Å²) >= 11 is 0. The van der Waals surface area contributed by atoms with E-state index in [-0.39, 0.29) is 17.7 Å². The molecule has 1 aliphatic heterocycles. The van der Waals surface area contributed by atoms with Crippen molar-refractivity contribution in [3.05, 3.63) is 59.4 Å². The van der Waals surface area contributed by atoms with E-state index in [1.165, 1.54) is 0 Å². The Morgan fingerprint density at radius 1 is 1.06 bits per heavy atom. The van der Waals surface area contributed by atoms with Crippen LogP contribution in [0.2, 0.25) is 0 Å². The third-order valence-corrected chi connectivity index (χ3v) is 5.93. The number of amides is 1. The first-order valence-electron chi connectivity index (χ1n) is 11.0. The van der Waals surface area contributed by atoms with E-state index in [0.717, 1.165) is 29.6 Å². The standard InChI is InChI=1S/C25H30N2O6/c1-29-16-19-18-6-4-5-7-21(18)33-24(19)25(28)26-15-20(27-10-12-32-13-11-27)17-8-9-22(30-2)23(14-17)31-3/h4-9,14,20H,10-13,15-16H2,1-3H3,(H,26,28). The summed E-state index contributed by atoms with van der Waals surface area (Å²) in [6.45, 7) is 3.54. The first kappa shape index (κ1) is 23.1. The van der Waals surface area contributed by atoms with Crippen molar-refractivity contribution in [2.75, 3.05) is 54.2 Å². The number of morpholine rings is 1. The van der Waals surface area contributed by atoms with Crippen molar-refractivity contribution in [3.8, 4) is 11.5 Å². The largest absolute Gasteiger partial charge is 0.493 e. The summed E-state index contributed by atoms with van der Waals surface area (Å²) in [6.07, 6.45) is 0. The Kier molecular flexibility index (Phi) is 7.49. The monoisotopic (exact) mass is 454 g/mol. The average molecular weight is 455 g/mol. The van der Waals surface area contributed by atoms with Crippen LogP contribution in [0, 0.1) is 0 Å². The minimum absolute atomic E-state index is 0.0621. The highest BCUT2D eigenvalue weighted by atomic mass is 16.5. The highest BCUT2D eigenvalue weighted by molar-refractivity contribution is 5.99. The molecule has 2 aromatic carbocycles. The lowest BCUT2D eigenvalue weighted by Gasteiger charge is -2.35. The fraction of sp³-hybridized carbons (Fsp3) is 0.400. The number of fused-ring (bicyclic) bond motifs is 1. The van der Waals surface area contributed by atoms with Crippen molar-refractivity contribution in [1.29, 1.82) is 0 Å². The lowest BCUT2D eigenvalue weighted by molar-refractivity contribution is 0.0161. The molecular weight excluding hydrogens is 424 g/mol. The van der Waals surface area contributed by atoms with E-state index in [4.69, 9.17) is 23.4 Å². The molecule has 0 aliphatic carbocycles. The third-order valence-electron chi connectivity index (χ3n) is 5.93. The molecule has 1 N–H and O–H groups in total. The fourth-order valence-corrected chi connectivity index (χ4v) is 4.25. The van der Waals surface area contributed by atoms with Crippen LogP contribution in [0.25, 0.3) is 11.0 Å². The predicted molar refractivity (Wildman–Crippen MR) is 124 cm³/mol. The van der Waals surface area contributed by atoms with Gasteiger partial charge in [0.1, 0.15) is 5.58 Å². The Morgan fingerprint density at radius 2 is 1.82 bits per heavy atom. The van der Waals surface area contributed by atoms with Crippen molar-refractivity contribution in [1.82, 2.24) is 10.2 Å². The molecule has 176 valence electrons. The summed E-state index contributed by atoms with van der Waals surface area (Å²) in [5.74, 6) is 1.33. The molecular formula is C25H30N2O6. The molecule has 1 aromatic heterocycles. The second-order valence-electron chi connectivity index (χ2n) is 7.83. The predicted octanol–water partition coefficient (Wildman–Crippen LogP) is 3.40. The number of hydrogen-bond donors (Lipinski definition) is 1. The summed E-state index contributed by atoms with van der Waals surface area (Å²) in [5, 5.41) is 3.96. The maximum absolute atomic E-state index is 13.2. The Bertz CT molecular complexity index is 1090. The van der Waals surface area contributed by atoms with Crippen molar-refractivity contribution >= 4 is 16.9 Å². The minimum atomic E-state index is -0.267. The van der Waals surface area contributed by atoms with Gasteiger partial charge in [-0.05, 0) is 23.8 Å². The van der Waals surface area contributed by atoms with Gasteiger partial charge in [0.2, 0.25) is 0 Å². The summed E-state index contributed by atoms with van der Waals surface area (Å²) in [7, 11) is 4.84. The number of para-hydroxylation sites is 1. The van der Waals surface area contributed by atoms with Crippen LogP contribution in [0.5, 0.6) is 11.5 Å². The molecule has 4 rings (SSSR count). The Labute approximate surface area is 193 Å². The maximum Gasteiger partial charge on any atom is 0.287 e. The van der Waals surface area contributed by atoms with Gasteiger partial charge >= 0.3 is 0 Å². The number of benzene rings is 2. The van der Waals surface area contributed by atoms with E-state index in [2.05, 4.69) is 10.2 Å². The number of carbonyl (C=O) groups is 1. The fourth-order valence-electron chi connectivity index (χ4n) is 4.25. The first-order valence-corrected chi connectivity index (χ1v) is 11.0. The smallest absolute Gasteiger partial charge is 0.287 e. The molecule has 33 heavy (non-hydrogen) atoms. The van der Waals surface area contributed by atoms with Crippen LogP contribution in [0.1, 0.15) is 27.7 Å². The van der Waals surface area contributed by atoms with Crippen LogP contribution in [0.3, 0.4) is 0 Å². The Morgan fingerprint density at radius 3 is 2.55 bits per heavy atom. The molecule has 0 radical (unpaired) electrons. The lowest BCUT2D eigenvalue weighted by atomic mass is 10.0. The summed E-state index contributed by atoms with van der Waals surface area (Å²) in [4.78, 5) is 15.5. The van der Waals surface area contributed by atoms with E-state index in [1.54, 1.807) is 21.3 Å². The molecule has 2 heterocycles. The zero-order chi connectivity index (χ0) is 23.2. The number of carbonyl (C=O) groups excluding carboxylic acids is 1. The van der Waals surface area contributed by atoms with Crippen LogP contribution in [0.4, 0.5) is 0 Å². The number of nitrogens with one attached hydrogen (secondary N) is 1. The second kappa shape index (κ2) is 10.7. The van der Waals surface area contributed by atoms with Crippen molar-refractivity contribution in [3.63, 3.8) is 0 Å². The van der Waals surface area contributed by atoms with Crippen LogP contribution < -0.4 is 14.8 Å². The van der Waals surface area contributed by atoms with Crippen molar-refractivity contribution in [2.24, 2.45) is 0 Å². The normalized spacial score (nSPS) is 15.4. The zero-order valence-corrected chi connectivity index (χ0v) is 19.3. The second-order valence-corrected chi connectivity index (χ2v) is 7.83. The van der Waals surface area contributed by atoms with Crippen LogP contribution in [-0.2, 0) is 16.1 Å². The number of hydrogen-bond acceptors (Lipinski definition) is 7. The Balaban J connectivity index is 1.59. The topological polar surface area (TPSA) is 82.4 Å². The van der Waals surface area contributed by atoms with E-state index in [0.29, 0.717) is 43.4 Å². The lowest BCUT2D eigenvalue weighted by Crippen LogP contribution is -2.43. The van der Waals surface area contributed by atoms with Gasteiger partial charge in [-0.15, -0.1) is 0 Å². The molecule has 1 aliphatic rings. The quantitative estimate of drug-likeness (QED) is 0.531. The van der Waals surface area contributed by atoms with Gasteiger partial charge < -0.3 is 28.7 Å². The maximum atomic E-state index is 13.2. The van der Waals surface area contributed by atoms with E-state index in [9.17, 15) is 4.79 Å². The van der Waals surface area contributed by atoms with Gasteiger partial charge in [-0.25, -0.2) is 0 Å². The number of ether oxygens (including phenoxy) is 4. The molecule has 0 bridgehead atoms. The van der Waals surface area contributed by atoms with Gasteiger partial charge in [0.25, 0.3) is 5.91 Å². The molecule has 0 saturated carbocycles. The number of methoxy groups -OCH3 is 3. The molecule has 1 saturated heterocycles. The highest BCUT2D eigenvalue weighted by Crippen LogP contribution is 2.32. The SMILES string of the molecule is COCc1c(C(=O)NCC(c2ccc(OC)c(OC)c2)N2CCOCC2)oc2ccccc12. The molecule has 0 spiro atoms. The minimum Gasteiger partial charge on any atom is -0.493 e. The molecule has 3 aromatic rings. The van der Waals surface area contributed by atoms with Crippen molar-refractivity contribution < 1.29 is 28.2 Å². The van der Waals surface area contributed by atoms with Gasteiger partial charge in [0.15, 0.2) is 17.3 Å². The number of furan rings is 1. The van der Waals surface area contributed by atoms with Crippen LogP contribution in [-0.4, -0.2) is 65.0 Å². The molecule has 1 fully saturated rings. The highest BCUT2D eigenvalue weighted by Gasteiger charge is 2.26. The summed E-state index contributed by atoms with van der Waals surface area (Å²) < 4.78 is 27.7. The molecule has 1 unspecified atom stereocenters. The van der Waals surface area contributed by atoms with Crippen molar-refractivity contribution in [2.45, 2.75) is 12.6 Å². The molecule has 8 heteroatoms. The van der Waals surface area contributed by atoms with Crippen LogP contribution in [0.15, 0.2) is 46.9 Å². The van der Waals surface area contributed by atoms with E-state index >= 15 is 0 Å². The van der Waals surface area contributed by atoms with Gasteiger partial charge in [0, 0.05) is 37.7 Å². The third kappa shape index (κ3) is 4.98. The van der Waals surface area contributed by atoms with Gasteiger partial charge in [-0.1, -0.05) is 24.3 Å². The molecule has 1 atom stereocenters. The molecule has 1 amide bonds. The van der Waals surface area contributed by atoms with E-state index < -0.39 is 0 Å². The number of nitrogens with zero attached hydrogens (tertiary/aromatic N) is 1. The summed E-state index contributed by atoms with van der Waals surface area (Å²) in [6, 6.07) is 13.4. The Hall–Kier alpha value is -3.07. The van der Waals surface area contributed by atoms with Gasteiger partial charge in [-0.2, -0.15) is 0 Å². The first-order chi connectivity index (χ1) is 16.2. The van der Waals surface area contributed by atoms with E-state index in [1.807, 2.05) is 42.5 Å². The number of rotatable bonds is 9. The molecule has 8 nitrogen and oxygen atoms in total. The summed E-state index contributed by atoms with van der Waals surface area (Å²) in [5.41, 5.74) is 2.44. The van der Waals surface area contributed by atoms with Gasteiger partial charge in [0.05, 0.1) is 40.1 Å². The average Bonchev–Trinajstić information content (AvgIpc) is 3.23.